The Kier molecular flexibility index (Phi) is 2.50. The predicted octanol–water partition coefficient (Wildman–Crippen LogP) is 0.649. The molecule has 0 aliphatic heterocycles. The minimum atomic E-state index is -1.19. The van der Waals surface area contributed by atoms with Crippen molar-refractivity contribution in [2.24, 2.45) is 0 Å². The molecule has 3 heteroatoms. The molecule has 0 radical (unpaired) electrons. The maximum Gasteiger partial charge on any atom is 0.457 e. The third-order valence-electron chi connectivity index (χ3n) is 1.61. The smallest absolute Gasteiger partial charge is 0.427 e. The van der Waals surface area contributed by atoms with Crippen LogP contribution in [-0.2, 0) is 0 Å². The summed E-state index contributed by atoms with van der Waals surface area (Å²) in [6.07, 6.45) is 0.782. The van der Waals surface area contributed by atoms with Crippen molar-refractivity contribution in [2.45, 2.75) is 32.5 Å². The van der Waals surface area contributed by atoms with E-state index in [0.29, 0.717) is 0 Å². The first kappa shape index (κ1) is 7.98. The zero-order valence-electron chi connectivity index (χ0n) is 5.68. The minimum absolute atomic E-state index is 0.347. The molecule has 0 aromatic carbocycles. The molecule has 0 atom stereocenters. The van der Waals surface area contributed by atoms with Gasteiger partial charge in [-0.1, -0.05) is 27.2 Å². The van der Waals surface area contributed by atoms with Gasteiger partial charge in [-0.15, -0.1) is 0 Å². The highest BCUT2D eigenvalue weighted by molar-refractivity contribution is 6.45. The van der Waals surface area contributed by atoms with Crippen molar-refractivity contribution >= 4 is 7.12 Å². The van der Waals surface area contributed by atoms with Crippen LogP contribution in [0, 0.1) is 0 Å². The summed E-state index contributed by atoms with van der Waals surface area (Å²) in [5, 5.41) is 16.9. The zero-order valence-corrected chi connectivity index (χ0v) is 5.68. The molecule has 0 saturated heterocycles. The van der Waals surface area contributed by atoms with Gasteiger partial charge in [0, 0.05) is 0 Å². The molecule has 0 aromatic rings. The molecular weight excluding hydrogens is 103 g/mol. The molecule has 0 amide bonds. The zero-order chi connectivity index (χ0) is 6.78. The van der Waals surface area contributed by atoms with Crippen LogP contribution < -0.4 is 0 Å². The molecule has 0 aromatic heterocycles. The van der Waals surface area contributed by atoms with Crippen molar-refractivity contribution in [3.63, 3.8) is 0 Å². The van der Waals surface area contributed by atoms with Crippen LogP contribution in [0.5, 0.6) is 0 Å². The van der Waals surface area contributed by atoms with Gasteiger partial charge in [0.1, 0.15) is 0 Å². The van der Waals surface area contributed by atoms with E-state index in [-0.39, 0.29) is 5.31 Å². The van der Waals surface area contributed by atoms with E-state index in [2.05, 4.69) is 0 Å². The van der Waals surface area contributed by atoms with Crippen molar-refractivity contribution in [2.75, 3.05) is 0 Å². The Hall–Kier alpha value is -0.0151. The van der Waals surface area contributed by atoms with Gasteiger partial charge >= 0.3 is 7.12 Å². The van der Waals surface area contributed by atoms with E-state index in [1.807, 2.05) is 20.8 Å². The van der Waals surface area contributed by atoms with Crippen molar-refractivity contribution in [3.05, 3.63) is 0 Å². The fourth-order valence-corrected chi connectivity index (χ4v) is 0.183. The lowest BCUT2D eigenvalue weighted by Gasteiger charge is -2.19. The summed E-state index contributed by atoms with van der Waals surface area (Å²) in [4.78, 5) is 0. The van der Waals surface area contributed by atoms with Crippen molar-refractivity contribution in [1.29, 1.82) is 0 Å². The van der Waals surface area contributed by atoms with Crippen LogP contribution in [0.1, 0.15) is 27.2 Å². The fraction of sp³-hybridized carbons (Fsp3) is 1.00. The second kappa shape index (κ2) is 2.51. The van der Waals surface area contributed by atoms with Crippen LogP contribution in [0.4, 0.5) is 0 Å². The first-order valence-corrected chi connectivity index (χ1v) is 2.87. The maximum absolute atomic E-state index is 8.64. The molecule has 0 aliphatic rings. The summed E-state index contributed by atoms with van der Waals surface area (Å²) in [5.41, 5.74) is 0. The largest absolute Gasteiger partial charge is 0.457 e. The van der Waals surface area contributed by atoms with Crippen LogP contribution >= 0.6 is 0 Å². The second-order valence-corrected chi connectivity index (χ2v) is 2.72. The van der Waals surface area contributed by atoms with Gasteiger partial charge in [-0.25, -0.2) is 0 Å². The third kappa shape index (κ3) is 1.84. The SMILES string of the molecule is CCC(C)(C)B(O)O. The average Bonchev–Trinajstić information content (AvgIpc) is 1.67. The van der Waals surface area contributed by atoms with E-state index in [0.717, 1.165) is 6.42 Å². The van der Waals surface area contributed by atoms with E-state index < -0.39 is 7.12 Å². The third-order valence-corrected chi connectivity index (χ3v) is 1.61. The average molecular weight is 116 g/mol. The molecule has 2 N–H and O–H groups in total. The van der Waals surface area contributed by atoms with Gasteiger partial charge in [0.2, 0.25) is 0 Å². The lowest BCUT2D eigenvalue weighted by atomic mass is 9.59. The van der Waals surface area contributed by atoms with Crippen LogP contribution in [-0.4, -0.2) is 17.2 Å². The van der Waals surface area contributed by atoms with Gasteiger partial charge < -0.3 is 10.0 Å². The van der Waals surface area contributed by atoms with Gasteiger partial charge in [0.05, 0.1) is 0 Å². The van der Waals surface area contributed by atoms with Crippen molar-refractivity contribution in [3.8, 4) is 0 Å². The predicted molar refractivity (Wildman–Crippen MR) is 34.5 cm³/mol. The lowest BCUT2D eigenvalue weighted by molar-refractivity contribution is 0.348. The van der Waals surface area contributed by atoms with Crippen LogP contribution in [0.25, 0.3) is 0 Å². The molecule has 0 saturated carbocycles. The van der Waals surface area contributed by atoms with E-state index in [1.54, 1.807) is 0 Å². The highest BCUT2D eigenvalue weighted by Crippen LogP contribution is 2.28. The van der Waals surface area contributed by atoms with Gasteiger partial charge in [0.25, 0.3) is 0 Å². The second-order valence-electron chi connectivity index (χ2n) is 2.72. The number of rotatable bonds is 2. The fourth-order valence-electron chi connectivity index (χ4n) is 0.183. The van der Waals surface area contributed by atoms with Gasteiger partial charge in [0.15, 0.2) is 0 Å². The highest BCUT2D eigenvalue weighted by atomic mass is 16.4. The number of hydrogen-bond acceptors (Lipinski definition) is 2. The Bertz CT molecular complexity index is 70.8. The molecule has 0 fully saturated rings. The van der Waals surface area contributed by atoms with Gasteiger partial charge in [-0.2, -0.15) is 0 Å². The summed E-state index contributed by atoms with van der Waals surface area (Å²) < 4.78 is 0. The Labute approximate surface area is 50.7 Å². The molecule has 0 rings (SSSR count). The first-order valence-electron chi connectivity index (χ1n) is 2.87. The van der Waals surface area contributed by atoms with Gasteiger partial charge in [-0.3, -0.25) is 0 Å². The summed E-state index contributed by atoms with van der Waals surface area (Å²) in [6, 6.07) is 0. The summed E-state index contributed by atoms with van der Waals surface area (Å²) >= 11 is 0. The molecular formula is C5H13BO2. The minimum Gasteiger partial charge on any atom is -0.427 e. The van der Waals surface area contributed by atoms with E-state index >= 15 is 0 Å². The molecule has 0 unspecified atom stereocenters. The number of hydrogen-bond donors (Lipinski definition) is 2. The Balaban J connectivity index is 3.71. The monoisotopic (exact) mass is 116 g/mol. The van der Waals surface area contributed by atoms with Crippen LogP contribution in [0.3, 0.4) is 0 Å². The standard InChI is InChI=1S/C5H13BO2/c1-4-5(2,3)6(7)8/h7-8H,4H2,1-3H3. The van der Waals surface area contributed by atoms with Crippen molar-refractivity contribution < 1.29 is 10.0 Å². The molecule has 0 heterocycles. The van der Waals surface area contributed by atoms with E-state index in [1.165, 1.54) is 0 Å². The quantitative estimate of drug-likeness (QED) is 0.520. The summed E-state index contributed by atoms with van der Waals surface area (Å²) in [5.74, 6) is 0. The van der Waals surface area contributed by atoms with E-state index in [4.69, 9.17) is 10.0 Å². The first-order chi connectivity index (χ1) is 3.50. The molecule has 0 bridgehead atoms. The van der Waals surface area contributed by atoms with Crippen LogP contribution in [0.2, 0.25) is 5.31 Å². The lowest BCUT2D eigenvalue weighted by Crippen LogP contribution is -2.26. The normalized spacial score (nSPS) is 11.6. The molecule has 8 heavy (non-hydrogen) atoms. The highest BCUT2D eigenvalue weighted by Gasteiger charge is 2.29. The molecule has 2 nitrogen and oxygen atoms in total. The van der Waals surface area contributed by atoms with E-state index in [9.17, 15) is 0 Å². The van der Waals surface area contributed by atoms with Crippen molar-refractivity contribution in [1.82, 2.24) is 0 Å². The van der Waals surface area contributed by atoms with Gasteiger partial charge in [-0.05, 0) is 5.31 Å². The molecule has 48 valence electrons. The summed E-state index contributed by atoms with van der Waals surface area (Å²) in [6.45, 7) is 5.56. The summed E-state index contributed by atoms with van der Waals surface area (Å²) in [7, 11) is -1.19. The molecule has 0 aliphatic carbocycles. The Morgan fingerprint density at radius 3 is 1.75 bits per heavy atom. The Morgan fingerprint density at radius 2 is 1.75 bits per heavy atom. The van der Waals surface area contributed by atoms with Crippen LogP contribution in [0.15, 0.2) is 0 Å². The Morgan fingerprint density at radius 1 is 1.38 bits per heavy atom. The topological polar surface area (TPSA) is 40.5 Å². The molecule has 0 spiro atoms. The maximum atomic E-state index is 8.64.